The van der Waals surface area contributed by atoms with E-state index >= 15 is 0 Å². The van der Waals surface area contributed by atoms with Crippen LogP contribution in [0.3, 0.4) is 0 Å². The fraction of sp³-hybridized carbons (Fsp3) is 0.583. The van der Waals surface area contributed by atoms with Crippen molar-refractivity contribution in [1.29, 1.82) is 0 Å². The van der Waals surface area contributed by atoms with Gasteiger partial charge in [0.05, 0.1) is 10.7 Å². The highest BCUT2D eigenvalue weighted by molar-refractivity contribution is 6.33. The summed E-state index contributed by atoms with van der Waals surface area (Å²) in [7, 11) is 0. The van der Waals surface area contributed by atoms with E-state index in [4.69, 9.17) is 16.3 Å². The smallest absolute Gasteiger partial charge is 0.0820 e. The van der Waals surface area contributed by atoms with Crippen molar-refractivity contribution < 1.29 is 4.74 Å². The minimum atomic E-state index is 0.310. The zero-order chi connectivity index (χ0) is 11.4. The standard InChI is InChI=1S/C12H17ClN2O/c1-12(3-6-16-7-4-12)9-15-11-2-5-14-8-10(11)13/h2,5,8H,3-4,6-7,9H2,1H3,(H,14,15). The summed E-state index contributed by atoms with van der Waals surface area (Å²) in [4.78, 5) is 3.97. The van der Waals surface area contributed by atoms with E-state index in [1.807, 2.05) is 6.07 Å². The van der Waals surface area contributed by atoms with Crippen LogP contribution in [-0.2, 0) is 4.74 Å². The van der Waals surface area contributed by atoms with Gasteiger partial charge in [0.25, 0.3) is 0 Å². The van der Waals surface area contributed by atoms with Gasteiger partial charge in [-0.1, -0.05) is 18.5 Å². The molecule has 88 valence electrons. The number of aromatic nitrogens is 1. The molecule has 0 radical (unpaired) electrons. The molecule has 0 aromatic carbocycles. The highest BCUT2D eigenvalue weighted by Crippen LogP contribution is 2.30. The van der Waals surface area contributed by atoms with E-state index in [-0.39, 0.29) is 0 Å². The number of nitrogens with one attached hydrogen (secondary N) is 1. The Hall–Kier alpha value is -0.800. The lowest BCUT2D eigenvalue weighted by molar-refractivity contribution is 0.0300. The maximum Gasteiger partial charge on any atom is 0.0820 e. The summed E-state index contributed by atoms with van der Waals surface area (Å²) in [5.41, 5.74) is 1.27. The molecule has 1 saturated heterocycles. The molecule has 0 amide bonds. The first kappa shape index (κ1) is 11.7. The number of anilines is 1. The van der Waals surface area contributed by atoms with Crippen LogP contribution in [0.4, 0.5) is 5.69 Å². The topological polar surface area (TPSA) is 34.2 Å². The highest BCUT2D eigenvalue weighted by Gasteiger charge is 2.27. The molecule has 1 aromatic rings. The molecule has 4 heteroatoms. The summed E-state index contributed by atoms with van der Waals surface area (Å²) in [6.07, 6.45) is 5.61. The summed E-state index contributed by atoms with van der Waals surface area (Å²) in [5.74, 6) is 0. The van der Waals surface area contributed by atoms with Crippen molar-refractivity contribution in [2.24, 2.45) is 5.41 Å². The number of hydrogen-bond donors (Lipinski definition) is 1. The van der Waals surface area contributed by atoms with Crippen LogP contribution in [0.1, 0.15) is 19.8 Å². The minimum Gasteiger partial charge on any atom is -0.383 e. The third-order valence-electron chi connectivity index (χ3n) is 3.18. The van der Waals surface area contributed by atoms with Crippen molar-refractivity contribution in [3.8, 4) is 0 Å². The van der Waals surface area contributed by atoms with Crippen LogP contribution in [0, 0.1) is 5.41 Å². The van der Waals surface area contributed by atoms with Crippen molar-refractivity contribution in [3.05, 3.63) is 23.5 Å². The van der Waals surface area contributed by atoms with E-state index in [0.717, 1.165) is 38.3 Å². The highest BCUT2D eigenvalue weighted by atomic mass is 35.5. The van der Waals surface area contributed by atoms with E-state index in [1.165, 1.54) is 0 Å². The van der Waals surface area contributed by atoms with Crippen molar-refractivity contribution in [1.82, 2.24) is 4.98 Å². The van der Waals surface area contributed by atoms with Crippen LogP contribution in [-0.4, -0.2) is 24.7 Å². The zero-order valence-electron chi connectivity index (χ0n) is 9.50. The fourth-order valence-electron chi connectivity index (χ4n) is 1.87. The largest absolute Gasteiger partial charge is 0.383 e. The van der Waals surface area contributed by atoms with Gasteiger partial charge in [-0.25, -0.2) is 0 Å². The Morgan fingerprint density at radius 2 is 2.25 bits per heavy atom. The van der Waals surface area contributed by atoms with Crippen LogP contribution in [0.2, 0.25) is 5.02 Å². The summed E-state index contributed by atoms with van der Waals surface area (Å²) in [5, 5.41) is 4.07. The predicted octanol–water partition coefficient (Wildman–Crippen LogP) is 2.96. The van der Waals surface area contributed by atoms with Crippen LogP contribution in [0.5, 0.6) is 0 Å². The molecule has 1 aliphatic heterocycles. The van der Waals surface area contributed by atoms with E-state index in [0.29, 0.717) is 10.4 Å². The number of pyridine rings is 1. The maximum atomic E-state index is 6.04. The third-order valence-corrected chi connectivity index (χ3v) is 3.48. The number of ether oxygens (including phenoxy) is 1. The average Bonchev–Trinajstić information content (AvgIpc) is 2.29. The predicted molar refractivity (Wildman–Crippen MR) is 65.9 cm³/mol. The molecule has 3 nitrogen and oxygen atoms in total. The van der Waals surface area contributed by atoms with Gasteiger partial charge in [-0.2, -0.15) is 0 Å². The second-order valence-electron chi connectivity index (χ2n) is 4.63. The number of hydrogen-bond acceptors (Lipinski definition) is 3. The van der Waals surface area contributed by atoms with Crippen LogP contribution >= 0.6 is 11.6 Å². The first-order valence-electron chi connectivity index (χ1n) is 5.61. The Morgan fingerprint density at radius 1 is 1.50 bits per heavy atom. The quantitative estimate of drug-likeness (QED) is 0.882. The first-order chi connectivity index (χ1) is 7.70. The van der Waals surface area contributed by atoms with E-state index in [2.05, 4.69) is 17.2 Å². The second-order valence-corrected chi connectivity index (χ2v) is 5.04. The molecule has 1 fully saturated rings. The molecule has 0 aliphatic carbocycles. The summed E-state index contributed by atoms with van der Waals surface area (Å²) in [6.45, 7) is 4.95. The molecule has 1 aromatic heterocycles. The van der Waals surface area contributed by atoms with E-state index in [9.17, 15) is 0 Å². The zero-order valence-corrected chi connectivity index (χ0v) is 10.3. The van der Waals surface area contributed by atoms with Crippen LogP contribution in [0.25, 0.3) is 0 Å². The monoisotopic (exact) mass is 240 g/mol. The molecular weight excluding hydrogens is 224 g/mol. The molecule has 0 atom stereocenters. The van der Waals surface area contributed by atoms with Gasteiger partial charge in [0.2, 0.25) is 0 Å². The van der Waals surface area contributed by atoms with Crippen molar-refractivity contribution >= 4 is 17.3 Å². The fourth-order valence-corrected chi connectivity index (χ4v) is 2.05. The molecule has 1 aliphatic rings. The average molecular weight is 241 g/mol. The van der Waals surface area contributed by atoms with Gasteiger partial charge < -0.3 is 10.1 Å². The Bertz CT molecular complexity index is 351. The second kappa shape index (κ2) is 5.02. The lowest BCUT2D eigenvalue weighted by Gasteiger charge is -2.34. The van der Waals surface area contributed by atoms with Gasteiger partial charge >= 0.3 is 0 Å². The van der Waals surface area contributed by atoms with Gasteiger partial charge in [-0.3, -0.25) is 4.98 Å². The molecule has 16 heavy (non-hydrogen) atoms. The molecule has 2 heterocycles. The maximum absolute atomic E-state index is 6.04. The van der Waals surface area contributed by atoms with Crippen LogP contribution < -0.4 is 5.32 Å². The number of nitrogens with zero attached hydrogens (tertiary/aromatic N) is 1. The van der Waals surface area contributed by atoms with E-state index < -0.39 is 0 Å². The molecule has 0 saturated carbocycles. The molecule has 1 N–H and O–H groups in total. The number of rotatable bonds is 3. The van der Waals surface area contributed by atoms with Gasteiger partial charge in [-0.05, 0) is 24.3 Å². The molecular formula is C12H17ClN2O. The summed E-state index contributed by atoms with van der Waals surface area (Å²) >= 11 is 6.04. The van der Waals surface area contributed by atoms with Gasteiger partial charge in [0.15, 0.2) is 0 Å². The lowest BCUT2D eigenvalue weighted by atomic mass is 9.82. The Labute approximate surface area is 101 Å². The lowest BCUT2D eigenvalue weighted by Crippen LogP contribution is -2.33. The molecule has 2 rings (SSSR count). The van der Waals surface area contributed by atoms with Gasteiger partial charge in [0.1, 0.15) is 0 Å². The Morgan fingerprint density at radius 3 is 2.94 bits per heavy atom. The molecule has 0 unspecified atom stereocenters. The molecule has 0 bridgehead atoms. The van der Waals surface area contributed by atoms with Gasteiger partial charge in [-0.15, -0.1) is 0 Å². The Balaban J connectivity index is 1.94. The van der Waals surface area contributed by atoms with Crippen molar-refractivity contribution in [2.45, 2.75) is 19.8 Å². The normalized spacial score (nSPS) is 19.4. The third kappa shape index (κ3) is 2.86. The minimum absolute atomic E-state index is 0.310. The van der Waals surface area contributed by atoms with E-state index in [1.54, 1.807) is 12.4 Å². The SMILES string of the molecule is CC1(CNc2ccncc2Cl)CCOCC1. The number of halogens is 1. The first-order valence-corrected chi connectivity index (χ1v) is 5.99. The van der Waals surface area contributed by atoms with Crippen LogP contribution in [0.15, 0.2) is 18.5 Å². The molecule has 0 spiro atoms. The van der Waals surface area contributed by atoms with Gasteiger partial charge in [0, 0.05) is 32.2 Å². The summed E-state index contributed by atoms with van der Waals surface area (Å²) in [6, 6.07) is 1.91. The van der Waals surface area contributed by atoms with Crippen molar-refractivity contribution in [3.63, 3.8) is 0 Å². The summed E-state index contributed by atoms with van der Waals surface area (Å²) < 4.78 is 5.38. The Kier molecular flexibility index (Phi) is 3.66. The van der Waals surface area contributed by atoms with Crippen molar-refractivity contribution in [2.75, 3.05) is 25.1 Å².